The van der Waals surface area contributed by atoms with Crippen LogP contribution in [0.2, 0.25) is 0 Å². The summed E-state index contributed by atoms with van der Waals surface area (Å²) < 4.78 is 23.7. The second kappa shape index (κ2) is 10.4. The first-order valence-electron chi connectivity index (χ1n) is 13.3. The Bertz CT molecular complexity index is 1970. The van der Waals surface area contributed by atoms with Crippen molar-refractivity contribution in [2.24, 2.45) is 0 Å². The number of aromatic nitrogens is 5. The third kappa shape index (κ3) is 5.16. The maximum Gasteiger partial charge on any atom is 0.291 e. The van der Waals surface area contributed by atoms with E-state index in [4.69, 9.17) is 9.84 Å². The molecule has 0 fully saturated rings. The molecule has 0 saturated heterocycles. The Labute approximate surface area is 240 Å². The number of fused-ring (bicyclic) bond motifs is 1. The van der Waals surface area contributed by atoms with Gasteiger partial charge in [0.25, 0.3) is 5.56 Å². The topological polar surface area (TPSA) is 74.3 Å². The summed E-state index contributed by atoms with van der Waals surface area (Å²) in [6, 6.07) is 22.5. The van der Waals surface area contributed by atoms with Gasteiger partial charge in [-0.25, -0.2) is 9.07 Å². The van der Waals surface area contributed by atoms with Crippen molar-refractivity contribution in [3.8, 4) is 34.1 Å². The SMILES string of the molecule is CCOc1ccc(-c2nn(-c3ccccc3)cc2/C=c2\sc3nc(-c4ccc(C(C)(C)C)cc4)nn3c2=O)cc1F. The molecule has 9 heteroatoms. The van der Waals surface area contributed by atoms with Gasteiger partial charge in [-0.15, -0.1) is 5.10 Å². The van der Waals surface area contributed by atoms with Crippen molar-refractivity contribution in [1.82, 2.24) is 24.4 Å². The molecular formula is C32H28FN5O2S. The van der Waals surface area contributed by atoms with Gasteiger partial charge in [-0.1, -0.05) is 74.6 Å². The monoisotopic (exact) mass is 565 g/mol. The molecule has 3 heterocycles. The van der Waals surface area contributed by atoms with E-state index in [1.807, 2.05) is 48.7 Å². The standard InChI is InChI=1S/C32H28FN5O2S/c1-5-40-26-16-13-21(17-25(26)33)28-22(19-37(35-28)24-9-7-6-8-10-24)18-27-30(39)38-31(41-27)34-29(36-38)20-11-14-23(15-12-20)32(2,3)4/h6-19H,5H2,1-4H3/b27-18-. The second-order valence-corrected chi connectivity index (χ2v) is 11.7. The highest BCUT2D eigenvalue weighted by Gasteiger charge is 2.18. The molecular weight excluding hydrogens is 537 g/mol. The van der Waals surface area contributed by atoms with Crippen LogP contribution < -0.4 is 14.8 Å². The number of benzene rings is 3. The average molecular weight is 566 g/mol. The van der Waals surface area contributed by atoms with Crippen LogP contribution in [0.4, 0.5) is 4.39 Å². The molecule has 0 spiro atoms. The van der Waals surface area contributed by atoms with Gasteiger partial charge in [0.15, 0.2) is 17.4 Å². The molecule has 0 aliphatic carbocycles. The Morgan fingerprint density at radius 3 is 2.37 bits per heavy atom. The van der Waals surface area contributed by atoms with Crippen LogP contribution in [0.1, 0.15) is 38.8 Å². The van der Waals surface area contributed by atoms with Gasteiger partial charge in [-0.3, -0.25) is 4.79 Å². The molecule has 6 aromatic rings. The molecule has 0 radical (unpaired) electrons. The van der Waals surface area contributed by atoms with E-state index >= 15 is 0 Å². The van der Waals surface area contributed by atoms with Crippen LogP contribution in [0.15, 0.2) is 83.8 Å². The van der Waals surface area contributed by atoms with Crippen LogP contribution in [0.25, 0.3) is 39.4 Å². The second-order valence-electron chi connectivity index (χ2n) is 10.7. The summed E-state index contributed by atoms with van der Waals surface area (Å²) in [5.41, 5.74) is 4.44. The van der Waals surface area contributed by atoms with Crippen molar-refractivity contribution < 1.29 is 9.13 Å². The fourth-order valence-electron chi connectivity index (χ4n) is 4.57. The molecule has 0 bridgehead atoms. The summed E-state index contributed by atoms with van der Waals surface area (Å²) in [5.74, 6) is 0.208. The fraction of sp³-hybridized carbons (Fsp3) is 0.188. The van der Waals surface area contributed by atoms with E-state index in [1.54, 1.807) is 29.8 Å². The number of ether oxygens (including phenoxy) is 1. The van der Waals surface area contributed by atoms with Crippen molar-refractivity contribution in [1.29, 1.82) is 0 Å². The number of para-hydroxylation sites is 1. The van der Waals surface area contributed by atoms with Gasteiger partial charge in [0, 0.05) is 22.9 Å². The van der Waals surface area contributed by atoms with Crippen LogP contribution in [0, 0.1) is 5.82 Å². The Balaban J connectivity index is 1.43. The molecule has 0 aliphatic rings. The molecule has 0 aliphatic heterocycles. The summed E-state index contributed by atoms with van der Waals surface area (Å²) in [5, 5.41) is 9.26. The van der Waals surface area contributed by atoms with E-state index in [1.165, 1.54) is 27.5 Å². The van der Waals surface area contributed by atoms with Crippen LogP contribution in [0.3, 0.4) is 0 Å². The van der Waals surface area contributed by atoms with E-state index in [2.05, 4.69) is 43.0 Å². The van der Waals surface area contributed by atoms with Gasteiger partial charge in [0.05, 0.1) is 16.8 Å². The predicted molar refractivity (Wildman–Crippen MR) is 160 cm³/mol. The lowest BCUT2D eigenvalue weighted by molar-refractivity contribution is 0.321. The molecule has 41 heavy (non-hydrogen) atoms. The normalized spacial score (nSPS) is 12.4. The van der Waals surface area contributed by atoms with Gasteiger partial charge >= 0.3 is 0 Å². The predicted octanol–water partition coefficient (Wildman–Crippen LogP) is 6.05. The molecule has 0 saturated carbocycles. The fourth-order valence-corrected chi connectivity index (χ4v) is 5.47. The lowest BCUT2D eigenvalue weighted by Gasteiger charge is -2.18. The van der Waals surface area contributed by atoms with Gasteiger partial charge in [-0.2, -0.15) is 14.6 Å². The highest BCUT2D eigenvalue weighted by Crippen LogP contribution is 2.29. The van der Waals surface area contributed by atoms with E-state index in [0.717, 1.165) is 11.3 Å². The highest BCUT2D eigenvalue weighted by molar-refractivity contribution is 7.15. The third-order valence-corrected chi connectivity index (χ3v) is 7.71. The Morgan fingerprint density at radius 1 is 0.976 bits per heavy atom. The zero-order chi connectivity index (χ0) is 28.7. The minimum absolute atomic E-state index is 0.0394. The largest absolute Gasteiger partial charge is 0.491 e. The number of thiazole rings is 1. The lowest BCUT2D eigenvalue weighted by Crippen LogP contribution is -2.23. The molecule has 7 nitrogen and oxygen atoms in total. The van der Waals surface area contributed by atoms with Crippen molar-refractivity contribution >= 4 is 22.4 Å². The van der Waals surface area contributed by atoms with Gasteiger partial charge in [0.2, 0.25) is 4.96 Å². The Hall–Kier alpha value is -4.63. The van der Waals surface area contributed by atoms with E-state index in [0.29, 0.717) is 38.7 Å². The molecule has 3 aromatic heterocycles. The zero-order valence-electron chi connectivity index (χ0n) is 23.1. The third-order valence-electron chi connectivity index (χ3n) is 6.75. The summed E-state index contributed by atoms with van der Waals surface area (Å²) in [4.78, 5) is 18.5. The maximum absolute atomic E-state index is 14.8. The minimum Gasteiger partial charge on any atom is -0.491 e. The van der Waals surface area contributed by atoms with Crippen LogP contribution in [-0.4, -0.2) is 31.0 Å². The number of rotatable bonds is 6. The smallest absolute Gasteiger partial charge is 0.291 e. The van der Waals surface area contributed by atoms with Gasteiger partial charge in [0.1, 0.15) is 5.69 Å². The van der Waals surface area contributed by atoms with Crippen molar-refractivity contribution in [2.75, 3.05) is 6.61 Å². The number of hydrogen-bond donors (Lipinski definition) is 0. The molecule has 0 unspecified atom stereocenters. The Kier molecular flexibility index (Phi) is 6.75. The zero-order valence-corrected chi connectivity index (χ0v) is 23.9. The van der Waals surface area contributed by atoms with Crippen molar-refractivity contribution in [2.45, 2.75) is 33.1 Å². The summed E-state index contributed by atoms with van der Waals surface area (Å²) >= 11 is 1.25. The molecule has 0 amide bonds. The number of halogens is 1. The van der Waals surface area contributed by atoms with E-state index in [-0.39, 0.29) is 16.7 Å². The van der Waals surface area contributed by atoms with E-state index in [9.17, 15) is 9.18 Å². The van der Waals surface area contributed by atoms with Crippen LogP contribution in [-0.2, 0) is 5.41 Å². The molecule has 0 atom stereocenters. The number of hydrogen-bond acceptors (Lipinski definition) is 6. The minimum atomic E-state index is -0.476. The first kappa shape index (κ1) is 26.6. The maximum atomic E-state index is 14.8. The molecule has 0 N–H and O–H groups in total. The van der Waals surface area contributed by atoms with Crippen molar-refractivity contribution in [3.05, 3.63) is 111 Å². The quantitative estimate of drug-likeness (QED) is 0.246. The molecule has 6 rings (SSSR count). The number of nitrogens with zero attached hydrogens (tertiary/aromatic N) is 5. The van der Waals surface area contributed by atoms with Gasteiger partial charge in [-0.05, 0) is 54.3 Å². The molecule has 3 aromatic carbocycles. The lowest BCUT2D eigenvalue weighted by atomic mass is 9.87. The first-order chi connectivity index (χ1) is 19.7. The van der Waals surface area contributed by atoms with Crippen LogP contribution in [0.5, 0.6) is 5.75 Å². The summed E-state index contributed by atoms with van der Waals surface area (Å²) in [7, 11) is 0. The van der Waals surface area contributed by atoms with Gasteiger partial charge < -0.3 is 4.74 Å². The Morgan fingerprint density at radius 2 is 1.71 bits per heavy atom. The highest BCUT2D eigenvalue weighted by atomic mass is 32.1. The first-order valence-corrected chi connectivity index (χ1v) is 14.1. The van der Waals surface area contributed by atoms with Crippen molar-refractivity contribution in [3.63, 3.8) is 0 Å². The summed E-state index contributed by atoms with van der Waals surface area (Å²) in [6.45, 7) is 8.66. The van der Waals surface area contributed by atoms with Crippen LogP contribution >= 0.6 is 11.3 Å². The average Bonchev–Trinajstić information content (AvgIpc) is 3.65. The van der Waals surface area contributed by atoms with E-state index < -0.39 is 5.82 Å². The summed E-state index contributed by atoms with van der Waals surface area (Å²) in [6.07, 6.45) is 3.59. The molecule has 206 valence electrons.